The maximum absolute atomic E-state index is 13.8. The van der Waals surface area contributed by atoms with Gasteiger partial charge in [-0.15, -0.1) is 0 Å². The summed E-state index contributed by atoms with van der Waals surface area (Å²) in [5.74, 6) is -1.90. The van der Waals surface area contributed by atoms with E-state index in [-0.39, 0.29) is 41.2 Å². The first-order valence-electron chi connectivity index (χ1n) is 12.7. The topological polar surface area (TPSA) is 120 Å². The van der Waals surface area contributed by atoms with E-state index in [4.69, 9.17) is 14.2 Å². The fourth-order valence-corrected chi connectivity index (χ4v) is 5.84. The highest BCUT2D eigenvalue weighted by Gasteiger charge is 2.38. The van der Waals surface area contributed by atoms with Crippen LogP contribution >= 0.6 is 18.5 Å². The number of benzene rings is 2. The number of allylic oxidation sites excluding steroid dienone is 2. The molecule has 13 heteroatoms. The molecule has 2 aromatic carbocycles. The van der Waals surface area contributed by atoms with Gasteiger partial charge in [0.2, 0.25) is 5.91 Å². The molecule has 2 unspecified atom stereocenters. The van der Waals surface area contributed by atoms with Crippen molar-refractivity contribution in [2.75, 3.05) is 23.3 Å². The number of carbonyl (C=O) groups is 2. The van der Waals surface area contributed by atoms with Crippen molar-refractivity contribution < 1.29 is 36.6 Å². The highest BCUT2D eigenvalue weighted by Crippen LogP contribution is 2.37. The van der Waals surface area contributed by atoms with Gasteiger partial charge in [0.05, 0.1) is 30.7 Å². The minimum Gasteiger partial charge on any atom is -0.492 e. The summed E-state index contributed by atoms with van der Waals surface area (Å²) in [4.78, 5) is 25.8. The molecule has 2 N–H and O–H groups in total. The monoisotopic (exact) mass is 612 g/mol. The number of sulfonamides is 1. The molecule has 0 saturated carbocycles. The average molecular weight is 613 g/mol. The van der Waals surface area contributed by atoms with Gasteiger partial charge in [-0.05, 0) is 83.3 Å². The predicted molar refractivity (Wildman–Crippen MR) is 159 cm³/mol. The van der Waals surface area contributed by atoms with Crippen LogP contribution in [0.3, 0.4) is 0 Å². The fourth-order valence-electron chi connectivity index (χ4n) is 4.39. The summed E-state index contributed by atoms with van der Waals surface area (Å²) in [7, 11) is -0.411. The molecule has 0 heterocycles. The van der Waals surface area contributed by atoms with Gasteiger partial charge in [0.15, 0.2) is 0 Å². The molecule has 1 aliphatic rings. The highest BCUT2D eigenvalue weighted by atomic mass is 32.2. The van der Waals surface area contributed by atoms with Gasteiger partial charge in [-0.25, -0.2) is 8.42 Å². The Hall–Kier alpha value is -2.74. The Morgan fingerprint density at radius 3 is 2.30 bits per heavy atom. The van der Waals surface area contributed by atoms with E-state index in [1.54, 1.807) is 13.8 Å². The Balaban J connectivity index is 1.85. The minimum absolute atomic E-state index is 0.0235. The highest BCUT2D eigenvalue weighted by molar-refractivity contribution is 7.92. The average Bonchev–Trinajstić information content (AvgIpc) is 2.84. The number of alkyl halides is 1. The second kappa shape index (κ2) is 13.3. The Morgan fingerprint density at radius 2 is 1.68 bits per heavy atom. The van der Waals surface area contributed by atoms with E-state index in [0.29, 0.717) is 18.5 Å². The van der Waals surface area contributed by atoms with Gasteiger partial charge in [0.25, 0.3) is 15.4 Å². The van der Waals surface area contributed by atoms with Gasteiger partial charge in [-0.2, -0.15) is 4.39 Å². The van der Waals surface area contributed by atoms with Crippen LogP contribution < -0.4 is 19.5 Å². The summed E-state index contributed by atoms with van der Waals surface area (Å²) in [6, 6.07) is 10.0. The third-order valence-corrected chi connectivity index (χ3v) is 8.01. The van der Waals surface area contributed by atoms with E-state index in [9.17, 15) is 22.4 Å². The van der Waals surface area contributed by atoms with Crippen LogP contribution in [0.4, 0.5) is 15.8 Å². The number of carbonyl (C=O) groups excluding carboxylic acids is 2. The first-order chi connectivity index (χ1) is 18.7. The van der Waals surface area contributed by atoms with Crippen LogP contribution in [-0.4, -0.2) is 38.8 Å². The zero-order valence-corrected chi connectivity index (χ0v) is 25.9. The minimum atomic E-state index is -4.15. The van der Waals surface area contributed by atoms with E-state index in [0.717, 1.165) is 11.1 Å². The third-order valence-electron chi connectivity index (χ3n) is 6.35. The molecule has 1 amide bonds. The van der Waals surface area contributed by atoms with Crippen molar-refractivity contribution in [1.82, 2.24) is 0 Å². The van der Waals surface area contributed by atoms with Crippen LogP contribution in [0.1, 0.15) is 40.5 Å². The molecule has 0 aromatic heterocycles. The van der Waals surface area contributed by atoms with Crippen molar-refractivity contribution in [2.45, 2.75) is 50.8 Å². The lowest BCUT2D eigenvalue weighted by Gasteiger charge is -2.30. The number of amides is 1. The molecule has 0 bridgehead atoms. The second-order valence-electron chi connectivity index (χ2n) is 9.45. The van der Waals surface area contributed by atoms with Crippen molar-refractivity contribution in [1.29, 1.82) is 0 Å². The molecule has 0 spiro atoms. The number of anilines is 2. The molecule has 3 rings (SSSR count). The van der Waals surface area contributed by atoms with E-state index < -0.39 is 33.2 Å². The summed E-state index contributed by atoms with van der Waals surface area (Å²) in [5, 5.41) is 0.700. The molecular weight excluding hydrogens is 577 g/mol. The van der Waals surface area contributed by atoms with Crippen LogP contribution in [-0.2, 0) is 24.3 Å². The molecule has 0 aliphatic heterocycles. The normalized spacial score (nSPS) is 17.7. The molecule has 1 aliphatic carbocycles. The number of esters is 1. The first-order valence-corrected chi connectivity index (χ1v) is 15.4. The molecule has 0 radical (unpaired) electrons. The van der Waals surface area contributed by atoms with Crippen LogP contribution in [0.5, 0.6) is 11.5 Å². The van der Waals surface area contributed by atoms with E-state index in [1.165, 1.54) is 42.5 Å². The van der Waals surface area contributed by atoms with Crippen LogP contribution in [0.15, 0.2) is 58.5 Å². The first kappa shape index (κ1) is 31.8. The van der Waals surface area contributed by atoms with Crippen LogP contribution in [0, 0.1) is 11.8 Å². The van der Waals surface area contributed by atoms with Crippen molar-refractivity contribution >= 4 is 51.8 Å². The Morgan fingerprint density at radius 1 is 1.00 bits per heavy atom. The number of nitrogens with one attached hydrogen (secondary N) is 2. The molecular formula is C27H35FN2O7P2S. The second-order valence-corrected chi connectivity index (χ2v) is 13.3. The number of halogens is 1. The molecule has 4 atom stereocenters. The van der Waals surface area contributed by atoms with Crippen molar-refractivity contribution in [3.05, 3.63) is 53.6 Å². The largest absolute Gasteiger partial charge is 0.492 e. The smallest absolute Gasteiger partial charge is 0.310 e. The lowest BCUT2D eigenvalue weighted by Crippen LogP contribution is -2.37. The van der Waals surface area contributed by atoms with Gasteiger partial charge < -0.3 is 19.5 Å². The SMILES string of the molecule is CCOC(=O)[C@H]1CC(C)=C(C)C[C@@H]1C(=O)Nc1ccc(S(=O)(=O)Nc2cccc(OC(F)(P)P)c2)c(OCC)c1. The van der Waals surface area contributed by atoms with E-state index in [2.05, 4.69) is 10.0 Å². The molecule has 218 valence electrons. The van der Waals surface area contributed by atoms with Crippen molar-refractivity contribution in [3.8, 4) is 11.5 Å². The summed E-state index contributed by atoms with van der Waals surface area (Å²) in [6.07, 6.45) is 0.845. The Labute approximate surface area is 239 Å². The predicted octanol–water partition coefficient (Wildman–Crippen LogP) is 5.46. The van der Waals surface area contributed by atoms with Gasteiger partial charge in [-0.1, -0.05) is 17.2 Å². The molecule has 9 nitrogen and oxygen atoms in total. The summed E-state index contributed by atoms with van der Waals surface area (Å²) >= 11 is 0. The molecule has 40 heavy (non-hydrogen) atoms. The Kier molecular flexibility index (Phi) is 10.6. The van der Waals surface area contributed by atoms with Gasteiger partial charge >= 0.3 is 5.97 Å². The van der Waals surface area contributed by atoms with E-state index >= 15 is 0 Å². The lowest BCUT2D eigenvalue weighted by atomic mass is 9.76. The fraction of sp³-hybridized carbons (Fsp3) is 0.407. The number of rotatable bonds is 11. The maximum Gasteiger partial charge on any atom is 0.310 e. The Bertz CT molecular complexity index is 1390. The van der Waals surface area contributed by atoms with E-state index in [1.807, 2.05) is 32.3 Å². The zero-order chi connectivity index (χ0) is 29.7. The third kappa shape index (κ3) is 8.38. The van der Waals surface area contributed by atoms with Crippen molar-refractivity contribution in [2.24, 2.45) is 11.8 Å². The van der Waals surface area contributed by atoms with Gasteiger partial charge in [0.1, 0.15) is 16.4 Å². The lowest BCUT2D eigenvalue weighted by molar-refractivity contribution is -0.152. The van der Waals surface area contributed by atoms with Gasteiger partial charge in [-0.3, -0.25) is 14.3 Å². The zero-order valence-electron chi connectivity index (χ0n) is 22.8. The maximum atomic E-state index is 13.8. The number of hydrogen-bond acceptors (Lipinski definition) is 7. The van der Waals surface area contributed by atoms with Crippen LogP contribution in [0.2, 0.25) is 0 Å². The molecule has 2 aromatic rings. The number of ether oxygens (including phenoxy) is 3. The van der Waals surface area contributed by atoms with Crippen LogP contribution in [0.25, 0.3) is 0 Å². The summed E-state index contributed by atoms with van der Waals surface area (Å²) in [5.41, 5.74) is 2.57. The molecule has 0 saturated heterocycles. The van der Waals surface area contributed by atoms with Crippen molar-refractivity contribution in [3.63, 3.8) is 0 Å². The quantitative estimate of drug-likeness (QED) is 0.197. The number of hydrogen-bond donors (Lipinski definition) is 2. The summed E-state index contributed by atoms with van der Waals surface area (Å²) < 4.78 is 58.7. The molecule has 0 fully saturated rings. The van der Waals surface area contributed by atoms with Gasteiger partial charge in [0, 0.05) is 17.8 Å². The summed E-state index contributed by atoms with van der Waals surface area (Å²) in [6.45, 7) is 7.69. The standard InChI is InChI=1S/C27H35FN2O7P2S/c1-5-35-23-15-18(29-25(31)21-12-16(3)17(4)13-22(21)26(32)36-6-2)10-11-24(23)40(33,34)30-19-8-7-9-20(14-19)37-27(28,38)39/h7-11,14-15,21-22,30H,5-6,12-13,38-39H2,1-4H3,(H,29,31)/t21-,22-/m0/s1.